The minimum Gasteiger partial charge on any atom is -0.373 e. The predicted molar refractivity (Wildman–Crippen MR) is 90.1 cm³/mol. The van der Waals surface area contributed by atoms with Gasteiger partial charge in [-0.1, -0.05) is 23.7 Å². The molecule has 0 spiro atoms. The zero-order valence-corrected chi connectivity index (χ0v) is 13.8. The molecule has 6 heteroatoms. The number of amides is 2. The standard InChI is InChI=1S/C16H12BrClN2O2/c17-12-3-1-2-4-14(12)20-15(21)9-13(16(20)22)19-11-7-5-10(18)6-8-11/h1-8,13,19H,9H2/t13-/m0/s1. The van der Waals surface area contributed by atoms with Crippen molar-refractivity contribution in [2.45, 2.75) is 12.5 Å². The first-order valence-corrected chi connectivity index (χ1v) is 7.87. The van der Waals surface area contributed by atoms with E-state index in [1.807, 2.05) is 6.07 Å². The van der Waals surface area contributed by atoms with Crippen LogP contribution in [0.4, 0.5) is 11.4 Å². The summed E-state index contributed by atoms with van der Waals surface area (Å²) in [5.74, 6) is -0.477. The minimum atomic E-state index is -0.569. The molecule has 2 aromatic carbocycles. The van der Waals surface area contributed by atoms with Crippen molar-refractivity contribution >= 4 is 50.7 Å². The normalized spacial score (nSPS) is 17.9. The zero-order valence-electron chi connectivity index (χ0n) is 11.4. The van der Waals surface area contributed by atoms with Gasteiger partial charge in [-0.2, -0.15) is 0 Å². The van der Waals surface area contributed by atoms with Crippen LogP contribution < -0.4 is 10.2 Å². The van der Waals surface area contributed by atoms with Crippen LogP contribution in [0.2, 0.25) is 5.02 Å². The van der Waals surface area contributed by atoms with Gasteiger partial charge in [-0.15, -0.1) is 0 Å². The molecule has 1 N–H and O–H groups in total. The Balaban J connectivity index is 1.82. The number of nitrogens with zero attached hydrogens (tertiary/aromatic N) is 1. The molecule has 0 radical (unpaired) electrons. The van der Waals surface area contributed by atoms with Gasteiger partial charge in [0.25, 0.3) is 5.91 Å². The van der Waals surface area contributed by atoms with Crippen LogP contribution >= 0.6 is 27.5 Å². The first kappa shape index (κ1) is 15.1. The lowest BCUT2D eigenvalue weighted by Gasteiger charge is -2.17. The van der Waals surface area contributed by atoms with Gasteiger partial charge in [0, 0.05) is 15.2 Å². The van der Waals surface area contributed by atoms with Crippen molar-refractivity contribution in [2.75, 3.05) is 10.2 Å². The van der Waals surface area contributed by atoms with E-state index in [0.717, 1.165) is 5.69 Å². The van der Waals surface area contributed by atoms with Crippen LogP contribution in [0.15, 0.2) is 53.0 Å². The van der Waals surface area contributed by atoms with Crippen molar-refractivity contribution in [2.24, 2.45) is 0 Å². The van der Waals surface area contributed by atoms with E-state index in [9.17, 15) is 9.59 Å². The van der Waals surface area contributed by atoms with E-state index >= 15 is 0 Å². The Labute approximate surface area is 141 Å². The van der Waals surface area contributed by atoms with Crippen molar-refractivity contribution < 1.29 is 9.59 Å². The second-order valence-corrected chi connectivity index (χ2v) is 6.22. The third kappa shape index (κ3) is 2.87. The molecule has 1 aliphatic rings. The molecule has 0 aliphatic carbocycles. The summed E-state index contributed by atoms with van der Waals surface area (Å²) in [6.45, 7) is 0. The number of carbonyl (C=O) groups excluding carboxylic acids is 2. The molecular formula is C16H12BrClN2O2. The Bertz CT molecular complexity index is 733. The predicted octanol–water partition coefficient (Wildman–Crippen LogP) is 3.85. The average molecular weight is 380 g/mol. The first-order valence-electron chi connectivity index (χ1n) is 6.69. The second-order valence-electron chi connectivity index (χ2n) is 4.93. The summed E-state index contributed by atoms with van der Waals surface area (Å²) >= 11 is 9.21. The van der Waals surface area contributed by atoms with Gasteiger partial charge in [0.15, 0.2) is 0 Å². The molecule has 1 atom stereocenters. The van der Waals surface area contributed by atoms with Crippen LogP contribution in [0, 0.1) is 0 Å². The Morgan fingerprint density at radius 2 is 1.77 bits per heavy atom. The maximum Gasteiger partial charge on any atom is 0.256 e. The Morgan fingerprint density at radius 1 is 1.09 bits per heavy atom. The van der Waals surface area contributed by atoms with Gasteiger partial charge in [-0.3, -0.25) is 9.59 Å². The first-order chi connectivity index (χ1) is 10.6. The van der Waals surface area contributed by atoms with Crippen molar-refractivity contribution in [3.05, 3.63) is 58.0 Å². The van der Waals surface area contributed by atoms with Crippen LogP contribution in [0.25, 0.3) is 0 Å². The Morgan fingerprint density at radius 3 is 2.45 bits per heavy atom. The summed E-state index contributed by atoms with van der Waals surface area (Å²) in [4.78, 5) is 26.0. The molecule has 2 aromatic rings. The molecule has 1 heterocycles. The summed E-state index contributed by atoms with van der Waals surface area (Å²) in [6.07, 6.45) is 0.128. The van der Waals surface area contributed by atoms with Crippen LogP contribution in [-0.2, 0) is 9.59 Å². The lowest BCUT2D eigenvalue weighted by Crippen LogP contribution is -2.35. The Hall–Kier alpha value is -1.85. The molecule has 2 amide bonds. The maximum absolute atomic E-state index is 12.5. The van der Waals surface area contributed by atoms with Gasteiger partial charge in [-0.25, -0.2) is 4.90 Å². The van der Waals surface area contributed by atoms with Crippen LogP contribution in [0.1, 0.15) is 6.42 Å². The number of hydrogen-bond acceptors (Lipinski definition) is 3. The summed E-state index contributed by atoms with van der Waals surface area (Å²) in [5.41, 5.74) is 1.32. The summed E-state index contributed by atoms with van der Waals surface area (Å²) in [5, 5.41) is 3.70. The van der Waals surface area contributed by atoms with Gasteiger partial charge >= 0.3 is 0 Å². The van der Waals surface area contributed by atoms with Crippen LogP contribution in [-0.4, -0.2) is 17.9 Å². The highest BCUT2D eigenvalue weighted by Crippen LogP contribution is 2.31. The molecule has 1 fully saturated rings. The average Bonchev–Trinajstić information content (AvgIpc) is 2.77. The van der Waals surface area contributed by atoms with Crippen LogP contribution in [0.5, 0.6) is 0 Å². The number of anilines is 2. The number of rotatable bonds is 3. The molecule has 22 heavy (non-hydrogen) atoms. The molecular weight excluding hydrogens is 368 g/mol. The van der Waals surface area contributed by atoms with Crippen molar-refractivity contribution in [1.82, 2.24) is 0 Å². The van der Waals surface area contributed by atoms with Crippen LogP contribution in [0.3, 0.4) is 0 Å². The molecule has 0 unspecified atom stereocenters. The fourth-order valence-corrected chi connectivity index (χ4v) is 2.97. The van der Waals surface area contributed by atoms with E-state index in [1.54, 1.807) is 42.5 Å². The molecule has 1 aliphatic heterocycles. The summed E-state index contributed by atoms with van der Waals surface area (Å²) in [7, 11) is 0. The number of carbonyl (C=O) groups is 2. The highest BCUT2D eigenvalue weighted by Gasteiger charge is 2.40. The van der Waals surface area contributed by atoms with Gasteiger partial charge in [0.2, 0.25) is 5.91 Å². The highest BCUT2D eigenvalue weighted by atomic mass is 79.9. The van der Waals surface area contributed by atoms with Crippen molar-refractivity contribution in [1.29, 1.82) is 0 Å². The number of halogens is 2. The zero-order chi connectivity index (χ0) is 15.7. The van der Waals surface area contributed by atoms with E-state index in [2.05, 4.69) is 21.2 Å². The van der Waals surface area contributed by atoms with E-state index in [4.69, 9.17) is 11.6 Å². The number of para-hydroxylation sites is 1. The monoisotopic (exact) mass is 378 g/mol. The number of benzene rings is 2. The minimum absolute atomic E-state index is 0.128. The largest absolute Gasteiger partial charge is 0.373 e. The number of hydrogen-bond donors (Lipinski definition) is 1. The maximum atomic E-state index is 12.5. The quantitative estimate of drug-likeness (QED) is 0.824. The number of nitrogens with one attached hydrogen (secondary N) is 1. The fraction of sp³-hybridized carbons (Fsp3) is 0.125. The molecule has 0 saturated carbocycles. The third-order valence-corrected chi connectivity index (χ3v) is 4.35. The van der Waals surface area contributed by atoms with E-state index in [-0.39, 0.29) is 18.2 Å². The lowest BCUT2D eigenvalue weighted by atomic mass is 10.2. The summed E-state index contributed by atoms with van der Waals surface area (Å²) in [6, 6.07) is 13.6. The molecule has 3 rings (SSSR count). The van der Waals surface area contributed by atoms with Crippen molar-refractivity contribution in [3.8, 4) is 0 Å². The molecule has 4 nitrogen and oxygen atoms in total. The topological polar surface area (TPSA) is 49.4 Å². The fourth-order valence-electron chi connectivity index (χ4n) is 2.38. The highest BCUT2D eigenvalue weighted by molar-refractivity contribution is 9.10. The lowest BCUT2D eigenvalue weighted by molar-refractivity contribution is -0.121. The van der Waals surface area contributed by atoms with E-state index in [1.165, 1.54) is 4.90 Å². The molecule has 0 bridgehead atoms. The van der Waals surface area contributed by atoms with E-state index in [0.29, 0.717) is 15.2 Å². The molecule has 1 saturated heterocycles. The van der Waals surface area contributed by atoms with Gasteiger partial charge < -0.3 is 5.32 Å². The molecule has 112 valence electrons. The van der Waals surface area contributed by atoms with Gasteiger partial charge in [-0.05, 0) is 52.3 Å². The van der Waals surface area contributed by atoms with Gasteiger partial charge in [0.1, 0.15) is 6.04 Å². The van der Waals surface area contributed by atoms with E-state index < -0.39 is 6.04 Å². The number of imide groups is 1. The smallest absolute Gasteiger partial charge is 0.256 e. The molecule has 0 aromatic heterocycles. The SMILES string of the molecule is O=C1C[C@H](Nc2ccc(Cl)cc2)C(=O)N1c1ccccc1Br. The van der Waals surface area contributed by atoms with Crippen molar-refractivity contribution in [3.63, 3.8) is 0 Å². The third-order valence-electron chi connectivity index (χ3n) is 3.43. The summed E-state index contributed by atoms with van der Waals surface area (Å²) < 4.78 is 0.712. The second kappa shape index (κ2) is 6.10. The van der Waals surface area contributed by atoms with Gasteiger partial charge in [0.05, 0.1) is 12.1 Å². The Kier molecular flexibility index (Phi) is 4.18.